The summed E-state index contributed by atoms with van der Waals surface area (Å²) in [4.78, 5) is 101. The van der Waals surface area contributed by atoms with Crippen molar-refractivity contribution in [3.05, 3.63) is 71.8 Å². The molecular formula is C48H70N8O13. The number of nitrogens with one attached hydrogen (secondary N) is 1. The van der Waals surface area contributed by atoms with Gasteiger partial charge >= 0.3 is 30.2 Å². The normalized spacial score (nSPS) is 22.9. The molecule has 4 bridgehead atoms. The van der Waals surface area contributed by atoms with Gasteiger partial charge < -0.3 is 39.0 Å². The molecule has 6 heterocycles. The van der Waals surface area contributed by atoms with Crippen molar-refractivity contribution in [1.29, 1.82) is 0 Å². The number of hydrogen-bond donors (Lipinski definition) is 3. The Morgan fingerprint density at radius 1 is 0.609 bits per heavy atom. The van der Waals surface area contributed by atoms with Crippen LogP contribution in [-0.2, 0) is 51.6 Å². The average Bonchev–Trinajstić information content (AvgIpc) is 3.71. The predicted octanol–water partition coefficient (Wildman–Crippen LogP) is 5.58. The molecule has 0 unspecified atom stereocenters. The van der Waals surface area contributed by atoms with Crippen molar-refractivity contribution >= 4 is 36.1 Å². The Kier molecular flexibility index (Phi) is 18.1. The molecular weight excluding hydrogens is 897 g/mol. The number of nitrogens with two attached hydrogens (primary N) is 1. The molecule has 2 aromatic carbocycles. The number of nitrogens with zero attached hydrogens (tertiary/aromatic N) is 6. The van der Waals surface area contributed by atoms with Gasteiger partial charge in [0.1, 0.15) is 36.5 Å². The van der Waals surface area contributed by atoms with Crippen molar-refractivity contribution in [1.82, 2.24) is 35.2 Å². The first-order chi connectivity index (χ1) is 32.8. The van der Waals surface area contributed by atoms with E-state index in [0.717, 1.165) is 24.0 Å². The van der Waals surface area contributed by atoms with Crippen molar-refractivity contribution < 1.29 is 62.7 Å². The van der Waals surface area contributed by atoms with Crippen LogP contribution in [0, 0.1) is 0 Å². The minimum Gasteiger partial charge on any atom is -0.480 e. The zero-order chi connectivity index (χ0) is 49.9. The summed E-state index contributed by atoms with van der Waals surface area (Å²) < 4.78 is 10.7. The number of ether oxygens (including phenoxy) is 2. The summed E-state index contributed by atoms with van der Waals surface area (Å²) in [5.41, 5.74) is 3.54. The van der Waals surface area contributed by atoms with Crippen LogP contribution in [0.15, 0.2) is 60.7 Å². The van der Waals surface area contributed by atoms with Gasteiger partial charge in [-0.2, -0.15) is 10.1 Å². The lowest BCUT2D eigenvalue weighted by Gasteiger charge is -2.34. The summed E-state index contributed by atoms with van der Waals surface area (Å²) in [5.74, 6) is 3.82. The van der Waals surface area contributed by atoms with Crippen LogP contribution in [0.3, 0.4) is 0 Å². The third-order valence-electron chi connectivity index (χ3n) is 12.4. The summed E-state index contributed by atoms with van der Waals surface area (Å²) in [5, 5.41) is 11.9. The number of piperidine rings is 4. The number of hydrogen-bond acceptors (Lipinski definition) is 13. The highest BCUT2D eigenvalue weighted by Gasteiger charge is 2.49. The maximum absolute atomic E-state index is 12.9. The molecule has 0 saturated carbocycles. The van der Waals surface area contributed by atoms with Crippen LogP contribution in [0.5, 0.6) is 0 Å². The van der Waals surface area contributed by atoms with Crippen molar-refractivity contribution in [2.45, 2.75) is 154 Å². The third-order valence-corrected chi connectivity index (χ3v) is 12.4. The smallest absolute Gasteiger partial charge is 0.410 e. The van der Waals surface area contributed by atoms with Gasteiger partial charge in [-0.05, 0) is 104 Å². The zero-order valence-electron chi connectivity index (χ0n) is 40.7. The summed E-state index contributed by atoms with van der Waals surface area (Å²) in [6, 6.07) is 17.2. The van der Waals surface area contributed by atoms with Crippen LogP contribution in [0.2, 0.25) is 0 Å². The fraction of sp³-hybridized carbons (Fsp3) is 0.625. The molecule has 6 aliphatic heterocycles. The third kappa shape index (κ3) is 14.9. The van der Waals surface area contributed by atoms with Crippen LogP contribution in [-0.4, -0.2) is 158 Å². The molecule has 0 radical (unpaired) electrons. The number of amides is 7. The van der Waals surface area contributed by atoms with E-state index >= 15 is 0 Å². The van der Waals surface area contributed by atoms with Crippen LogP contribution in [0.1, 0.15) is 104 Å². The van der Waals surface area contributed by atoms with E-state index in [1.807, 2.05) is 102 Å². The lowest BCUT2D eigenvalue weighted by atomic mass is 10.0. The monoisotopic (exact) mass is 967 g/mol. The maximum atomic E-state index is 12.9. The van der Waals surface area contributed by atoms with Crippen LogP contribution >= 0.6 is 0 Å². The molecule has 2 aromatic rings. The fourth-order valence-electron chi connectivity index (χ4n) is 8.75. The van der Waals surface area contributed by atoms with Gasteiger partial charge in [0.15, 0.2) is 0 Å². The highest BCUT2D eigenvalue weighted by molar-refractivity contribution is 5.88. The molecule has 21 heteroatoms. The second kappa shape index (κ2) is 23.7. The number of hydroxylamine groups is 5. The molecule has 6 fully saturated rings. The van der Waals surface area contributed by atoms with E-state index in [4.69, 9.17) is 39.8 Å². The standard InChI is InChI=1S/C24H34N4O6.C14H16N2O4.C10H20N2O3/c1-24(2,3)33-23(31)26-13-11-19(12-14-26)34-25-21(29)20-10-9-18-15-27(20)22(30)28(18)32-16-17-7-5-4-6-8-17;17-13(18)12-7-6-11-8-15(12)14(19)16(11)20-9-10-4-2-1-3-5-10;1-10(2,3)14-9(13)12-6-4-8(15-11)5-7-12/h4-8,18-20H,9-16H2,1-3H3,(H,25,29);1-5,11-12H,6-9H2,(H,17,18);8H,4-7,11H2,1-3H3/t18-,20+;11-,12+;/m11./s1. The fourth-order valence-corrected chi connectivity index (χ4v) is 8.75. The first-order valence-corrected chi connectivity index (χ1v) is 23.8. The Morgan fingerprint density at radius 3 is 1.42 bits per heavy atom. The minimum absolute atomic E-state index is 0.0400. The summed E-state index contributed by atoms with van der Waals surface area (Å²) in [6.07, 6.45) is 4.40. The molecule has 4 atom stereocenters. The highest BCUT2D eigenvalue weighted by Crippen LogP contribution is 2.32. The first kappa shape index (κ1) is 52.6. The summed E-state index contributed by atoms with van der Waals surface area (Å²) in [7, 11) is 0. The quantitative estimate of drug-likeness (QED) is 0.233. The number of carboxylic acid groups (broad SMARTS) is 1. The van der Waals surface area contributed by atoms with Gasteiger partial charge in [-0.3, -0.25) is 19.3 Å². The second-order valence-corrected chi connectivity index (χ2v) is 19.9. The van der Waals surface area contributed by atoms with Crippen molar-refractivity contribution in [2.24, 2.45) is 5.90 Å². The van der Waals surface area contributed by atoms with Gasteiger partial charge in [0, 0.05) is 39.3 Å². The Balaban J connectivity index is 0.000000189. The Morgan fingerprint density at radius 2 is 1.01 bits per heavy atom. The van der Waals surface area contributed by atoms with E-state index in [2.05, 4.69) is 5.48 Å². The number of carbonyl (C=O) groups excluding carboxylic acids is 5. The summed E-state index contributed by atoms with van der Waals surface area (Å²) in [6.45, 7) is 14.9. The molecule has 69 heavy (non-hydrogen) atoms. The number of urea groups is 2. The number of benzene rings is 2. The van der Waals surface area contributed by atoms with Gasteiger partial charge in [-0.15, -0.1) is 0 Å². The first-order valence-electron chi connectivity index (χ1n) is 23.8. The largest absolute Gasteiger partial charge is 0.480 e. The van der Waals surface area contributed by atoms with Gasteiger partial charge in [-0.1, -0.05) is 60.7 Å². The van der Waals surface area contributed by atoms with Crippen molar-refractivity contribution in [2.75, 3.05) is 39.3 Å². The molecule has 0 aliphatic carbocycles. The molecule has 7 amide bonds. The molecule has 4 N–H and O–H groups in total. The van der Waals surface area contributed by atoms with E-state index < -0.39 is 29.3 Å². The Labute approximate surface area is 403 Å². The summed E-state index contributed by atoms with van der Waals surface area (Å²) >= 11 is 0. The van der Waals surface area contributed by atoms with Crippen LogP contribution in [0.25, 0.3) is 0 Å². The molecule has 8 rings (SSSR count). The van der Waals surface area contributed by atoms with E-state index in [0.29, 0.717) is 91.0 Å². The second-order valence-electron chi connectivity index (χ2n) is 19.9. The molecule has 6 saturated heterocycles. The van der Waals surface area contributed by atoms with Crippen molar-refractivity contribution in [3.8, 4) is 0 Å². The lowest BCUT2D eigenvalue weighted by molar-refractivity contribution is -0.146. The lowest BCUT2D eigenvalue weighted by Crippen LogP contribution is -2.51. The van der Waals surface area contributed by atoms with Crippen molar-refractivity contribution in [3.63, 3.8) is 0 Å². The molecule has 0 spiro atoms. The Bertz CT molecular complexity index is 2040. The van der Waals surface area contributed by atoms with Gasteiger partial charge in [0.25, 0.3) is 5.91 Å². The number of fused-ring (bicyclic) bond motifs is 4. The van der Waals surface area contributed by atoms with E-state index in [-0.39, 0.29) is 54.4 Å². The Hall–Kier alpha value is -5.74. The van der Waals surface area contributed by atoms with Crippen LogP contribution < -0.4 is 11.4 Å². The SMILES string of the molecule is CC(C)(C)OC(=O)N1CCC(ON)CC1.CC(C)(C)OC(=O)N1CCC(ONC(=O)[C@@H]2CC[C@@H]3CN2C(=O)N3OCc2ccccc2)CC1.O=C(O)[C@@H]1CC[C@@H]2CN1C(=O)N2OCc1ccccc1. The highest BCUT2D eigenvalue weighted by atomic mass is 16.7. The molecule has 6 aliphatic rings. The topological polar surface area (TPSA) is 236 Å². The number of rotatable bonds is 11. The number of carboxylic acids is 1. The van der Waals surface area contributed by atoms with E-state index in [9.17, 15) is 28.8 Å². The predicted molar refractivity (Wildman–Crippen MR) is 248 cm³/mol. The maximum Gasteiger partial charge on any atom is 0.410 e. The molecule has 380 valence electrons. The molecule has 0 aromatic heterocycles. The minimum atomic E-state index is -0.943. The number of likely N-dealkylation sites (tertiary alicyclic amines) is 2. The van der Waals surface area contributed by atoms with E-state index in [1.54, 1.807) is 14.7 Å². The van der Waals surface area contributed by atoms with Crippen LogP contribution in [0.4, 0.5) is 19.2 Å². The number of carbonyl (C=O) groups is 6. The average molecular weight is 967 g/mol. The molecule has 21 nitrogen and oxygen atoms in total. The van der Waals surface area contributed by atoms with E-state index in [1.165, 1.54) is 15.0 Å². The van der Waals surface area contributed by atoms with Gasteiger partial charge in [-0.25, -0.2) is 35.3 Å². The van der Waals surface area contributed by atoms with Gasteiger partial charge in [0.05, 0.1) is 24.3 Å². The zero-order valence-corrected chi connectivity index (χ0v) is 40.7. The number of aliphatic carboxylic acids is 1. The van der Waals surface area contributed by atoms with Gasteiger partial charge in [0.2, 0.25) is 0 Å².